The molecular weight excluding hydrogens is 389 g/mol. The molecule has 1 aliphatic heterocycles. The van der Waals surface area contributed by atoms with Gasteiger partial charge in [-0.1, -0.05) is 0 Å². The van der Waals surface area contributed by atoms with Crippen LogP contribution in [0.3, 0.4) is 0 Å². The summed E-state index contributed by atoms with van der Waals surface area (Å²) in [4.78, 5) is 28.3. The average molecular weight is 422 g/mol. The summed E-state index contributed by atoms with van der Waals surface area (Å²) in [6.07, 6.45) is -4.10. The van der Waals surface area contributed by atoms with Crippen molar-refractivity contribution in [3.8, 4) is 0 Å². The van der Waals surface area contributed by atoms with Crippen molar-refractivity contribution in [2.75, 3.05) is 13.1 Å². The van der Waals surface area contributed by atoms with E-state index in [0.29, 0.717) is 19.3 Å². The molecule has 1 heterocycles. The van der Waals surface area contributed by atoms with Gasteiger partial charge in [0.25, 0.3) is 0 Å². The molecule has 0 aromatic rings. The van der Waals surface area contributed by atoms with Crippen LogP contribution in [-0.2, 0) is 9.53 Å². The molecule has 2 rings (SSSR count). The number of fused-ring (bicyclic) bond motifs is 1. The molecule has 168 valence electrons. The highest BCUT2D eigenvalue weighted by Crippen LogP contribution is 2.41. The predicted molar refractivity (Wildman–Crippen MR) is 102 cm³/mol. The van der Waals surface area contributed by atoms with Crippen molar-refractivity contribution >= 4 is 12.0 Å². The molecule has 0 aromatic carbocycles. The molecule has 6 atom stereocenters. The van der Waals surface area contributed by atoms with E-state index in [2.05, 4.69) is 0 Å². The van der Waals surface area contributed by atoms with E-state index in [1.165, 1.54) is 6.92 Å². The fraction of sp³-hybridized carbons (Fsp3) is 0.895. The summed E-state index contributed by atoms with van der Waals surface area (Å²) >= 11 is 0. The summed E-state index contributed by atoms with van der Waals surface area (Å²) in [6, 6.07) is -2.90. The zero-order chi connectivity index (χ0) is 22.1. The van der Waals surface area contributed by atoms with Gasteiger partial charge >= 0.3 is 12.3 Å². The van der Waals surface area contributed by atoms with E-state index in [0.717, 1.165) is 0 Å². The number of piperazine rings is 1. The number of hydrogen-bond donors (Lipinski definition) is 2. The van der Waals surface area contributed by atoms with Crippen LogP contribution in [0.1, 0.15) is 47.0 Å². The van der Waals surface area contributed by atoms with Crippen LogP contribution in [0.5, 0.6) is 0 Å². The normalized spacial score (nSPS) is 30.0. The Hall–Kier alpha value is -1.55. The third-order valence-electron chi connectivity index (χ3n) is 6.17. The summed E-state index contributed by atoms with van der Waals surface area (Å²) in [5.41, 5.74) is 11.2. The Balaban J connectivity index is 2.30. The molecule has 5 unspecified atom stereocenters. The lowest BCUT2D eigenvalue weighted by Crippen LogP contribution is -2.67. The molecule has 10 heteroatoms. The van der Waals surface area contributed by atoms with Crippen molar-refractivity contribution < 1.29 is 27.5 Å². The second-order valence-corrected chi connectivity index (χ2v) is 8.53. The maximum atomic E-state index is 13.2. The van der Waals surface area contributed by atoms with Gasteiger partial charge in [0.15, 0.2) is 0 Å². The molecule has 1 saturated carbocycles. The van der Waals surface area contributed by atoms with Gasteiger partial charge in [-0.3, -0.25) is 4.79 Å². The van der Waals surface area contributed by atoms with E-state index in [4.69, 9.17) is 16.2 Å². The fourth-order valence-electron chi connectivity index (χ4n) is 4.94. The maximum absolute atomic E-state index is 13.2. The predicted octanol–water partition coefficient (Wildman–Crippen LogP) is 2.09. The lowest BCUT2D eigenvalue weighted by molar-refractivity contribution is -0.166. The van der Waals surface area contributed by atoms with Crippen LogP contribution >= 0.6 is 0 Å². The number of hydrogen-bond acceptors (Lipinski definition) is 5. The summed E-state index contributed by atoms with van der Waals surface area (Å²) < 4.78 is 45.0. The molecule has 7 nitrogen and oxygen atoms in total. The highest BCUT2D eigenvalue weighted by atomic mass is 19.4. The molecule has 2 aliphatic rings. The first-order valence-electron chi connectivity index (χ1n) is 10.2. The molecule has 29 heavy (non-hydrogen) atoms. The Morgan fingerprint density at radius 2 is 1.83 bits per heavy atom. The van der Waals surface area contributed by atoms with Gasteiger partial charge in [-0.15, -0.1) is 0 Å². The Labute approximate surface area is 169 Å². The van der Waals surface area contributed by atoms with Crippen LogP contribution in [0.15, 0.2) is 0 Å². The van der Waals surface area contributed by atoms with Crippen molar-refractivity contribution in [2.24, 2.45) is 23.3 Å². The van der Waals surface area contributed by atoms with Crippen LogP contribution in [-0.4, -0.2) is 71.3 Å². The van der Waals surface area contributed by atoms with Gasteiger partial charge in [0.2, 0.25) is 5.91 Å². The van der Waals surface area contributed by atoms with E-state index in [9.17, 15) is 22.8 Å². The van der Waals surface area contributed by atoms with Gasteiger partial charge in [-0.05, 0) is 58.4 Å². The lowest BCUT2D eigenvalue weighted by atomic mass is 9.71. The minimum atomic E-state index is -4.54. The van der Waals surface area contributed by atoms with E-state index < -0.39 is 36.2 Å². The molecule has 0 bridgehead atoms. The number of carbonyl (C=O) groups excluding carboxylic acids is 2. The van der Waals surface area contributed by atoms with E-state index in [1.807, 2.05) is 6.92 Å². The standard InChI is InChI=1S/C19H33F3N4O3/c1-10(2)29-18(28)25-9-11(3)26(12(4)27)15-6-5-13(7-16(15)25)14(8-23)17(24)19(20,21)22/h10-11,13-17H,5-9,23-24H2,1-4H3/t11-,13?,14?,15?,16?,17?/m0/s1. The topological polar surface area (TPSA) is 102 Å². The van der Waals surface area contributed by atoms with Crippen molar-refractivity contribution in [2.45, 2.75) is 83.4 Å². The van der Waals surface area contributed by atoms with E-state index in [-0.39, 0.29) is 37.2 Å². The van der Waals surface area contributed by atoms with Crippen LogP contribution in [0.4, 0.5) is 18.0 Å². The van der Waals surface area contributed by atoms with Gasteiger partial charge in [0, 0.05) is 19.5 Å². The first-order valence-corrected chi connectivity index (χ1v) is 10.2. The number of carbonyl (C=O) groups is 2. The number of alkyl halides is 3. The van der Waals surface area contributed by atoms with Gasteiger partial charge in [-0.25, -0.2) is 4.79 Å². The minimum Gasteiger partial charge on any atom is -0.447 e. The molecule has 0 spiro atoms. The van der Waals surface area contributed by atoms with Crippen molar-refractivity contribution in [3.05, 3.63) is 0 Å². The maximum Gasteiger partial charge on any atom is 0.410 e. The molecule has 0 aromatic heterocycles. The number of amides is 2. The van der Waals surface area contributed by atoms with Crippen molar-refractivity contribution in [3.63, 3.8) is 0 Å². The highest BCUT2D eigenvalue weighted by molar-refractivity contribution is 5.75. The number of halogens is 3. The van der Waals surface area contributed by atoms with Gasteiger partial charge < -0.3 is 26.0 Å². The largest absolute Gasteiger partial charge is 0.447 e. The highest BCUT2D eigenvalue weighted by Gasteiger charge is 2.51. The number of nitrogens with zero attached hydrogens (tertiary/aromatic N) is 2. The third kappa shape index (κ3) is 5.14. The van der Waals surface area contributed by atoms with E-state index >= 15 is 0 Å². The zero-order valence-corrected chi connectivity index (χ0v) is 17.5. The number of nitrogens with two attached hydrogens (primary N) is 2. The summed E-state index contributed by atoms with van der Waals surface area (Å²) in [7, 11) is 0. The van der Waals surface area contributed by atoms with Crippen LogP contribution in [0.25, 0.3) is 0 Å². The molecule has 2 fully saturated rings. The van der Waals surface area contributed by atoms with Crippen LogP contribution < -0.4 is 11.5 Å². The molecule has 4 N–H and O–H groups in total. The summed E-state index contributed by atoms with van der Waals surface area (Å²) in [6.45, 7) is 6.90. The SMILES string of the molecule is CC(=O)N1C2CCC(C(CN)C(N)C(F)(F)F)CC2N(C(=O)OC(C)C)C[C@@H]1C. The lowest BCUT2D eigenvalue weighted by Gasteiger charge is -2.54. The molecule has 0 radical (unpaired) electrons. The number of rotatable bonds is 4. The quantitative estimate of drug-likeness (QED) is 0.722. The first-order chi connectivity index (χ1) is 13.4. The summed E-state index contributed by atoms with van der Waals surface area (Å²) in [5, 5.41) is 0. The van der Waals surface area contributed by atoms with Gasteiger partial charge in [0.1, 0.15) is 6.04 Å². The molecule has 1 saturated heterocycles. The molecule has 1 aliphatic carbocycles. The smallest absolute Gasteiger partial charge is 0.410 e. The monoisotopic (exact) mass is 422 g/mol. The Kier molecular flexibility index (Phi) is 7.42. The summed E-state index contributed by atoms with van der Waals surface area (Å²) in [5.74, 6) is -1.44. The Morgan fingerprint density at radius 1 is 1.21 bits per heavy atom. The van der Waals surface area contributed by atoms with E-state index in [1.54, 1.807) is 23.6 Å². The van der Waals surface area contributed by atoms with Gasteiger partial charge in [-0.2, -0.15) is 13.2 Å². The third-order valence-corrected chi connectivity index (χ3v) is 6.17. The zero-order valence-electron chi connectivity index (χ0n) is 17.5. The van der Waals surface area contributed by atoms with Crippen molar-refractivity contribution in [1.29, 1.82) is 0 Å². The second-order valence-electron chi connectivity index (χ2n) is 8.53. The van der Waals surface area contributed by atoms with Crippen molar-refractivity contribution in [1.82, 2.24) is 9.80 Å². The first kappa shape index (κ1) is 23.7. The van der Waals surface area contributed by atoms with Crippen LogP contribution in [0.2, 0.25) is 0 Å². The Morgan fingerprint density at radius 3 is 2.31 bits per heavy atom. The average Bonchev–Trinajstić information content (AvgIpc) is 2.59. The van der Waals surface area contributed by atoms with Crippen LogP contribution in [0, 0.1) is 11.8 Å². The fourth-order valence-corrected chi connectivity index (χ4v) is 4.94. The second kappa shape index (κ2) is 9.07. The minimum absolute atomic E-state index is 0.106. The van der Waals surface area contributed by atoms with Gasteiger partial charge in [0.05, 0.1) is 18.2 Å². The molecule has 2 amide bonds. The number of ether oxygens (including phenoxy) is 1. The Bertz CT molecular complexity index is 602. The molecular formula is C19H33F3N4O3.